The molecule has 3 aromatic carbocycles. The van der Waals surface area contributed by atoms with E-state index in [1.165, 1.54) is 16.4 Å². The van der Waals surface area contributed by atoms with E-state index < -0.39 is 10.0 Å². The van der Waals surface area contributed by atoms with Gasteiger partial charge in [0.05, 0.1) is 10.6 Å². The Morgan fingerprint density at radius 1 is 0.971 bits per heavy atom. The Balaban J connectivity index is 1.65. The van der Waals surface area contributed by atoms with E-state index in [0.29, 0.717) is 28.9 Å². The molecule has 3 rings (SSSR count). The van der Waals surface area contributed by atoms with Crippen molar-refractivity contribution in [2.24, 2.45) is 0 Å². The van der Waals surface area contributed by atoms with E-state index in [4.69, 9.17) is 11.6 Å². The molecular weight excluding hydrogens is 488 g/mol. The highest BCUT2D eigenvalue weighted by Gasteiger charge is 2.27. The number of hydrogen-bond donors (Lipinski definition) is 1. The molecule has 0 fully saturated rings. The highest BCUT2D eigenvalue weighted by Crippen LogP contribution is 2.25. The second kappa shape index (κ2) is 12.3. The van der Waals surface area contributed by atoms with Crippen LogP contribution in [0.2, 0.25) is 5.02 Å². The quantitative estimate of drug-likeness (QED) is 0.331. The van der Waals surface area contributed by atoms with Gasteiger partial charge in [0.2, 0.25) is 5.91 Å². The Bertz CT molecular complexity index is 1170. The van der Waals surface area contributed by atoms with Gasteiger partial charge < -0.3 is 5.32 Å². The third-order valence-electron chi connectivity index (χ3n) is 5.22. The maximum absolute atomic E-state index is 13.4. The van der Waals surface area contributed by atoms with Crippen LogP contribution in [-0.4, -0.2) is 33.2 Å². The second-order valence-corrected chi connectivity index (χ2v) is 11.5. The van der Waals surface area contributed by atoms with Crippen LogP contribution in [0.4, 0.5) is 5.69 Å². The Hall–Kier alpha value is -2.48. The van der Waals surface area contributed by atoms with Crippen molar-refractivity contribution < 1.29 is 13.2 Å². The fourth-order valence-corrected chi connectivity index (χ4v) is 5.67. The van der Waals surface area contributed by atoms with Gasteiger partial charge in [-0.15, -0.1) is 0 Å². The molecule has 0 unspecified atom stereocenters. The Morgan fingerprint density at radius 2 is 1.62 bits per heavy atom. The number of nitrogens with one attached hydrogen (secondary N) is 1. The number of carbonyl (C=O) groups is 1. The molecule has 180 valence electrons. The fourth-order valence-electron chi connectivity index (χ4n) is 3.28. The summed E-state index contributed by atoms with van der Waals surface area (Å²) in [6.45, 7) is 4.31. The van der Waals surface area contributed by atoms with Crippen LogP contribution in [-0.2, 0) is 20.6 Å². The van der Waals surface area contributed by atoms with Gasteiger partial charge in [-0.1, -0.05) is 67.9 Å². The Labute approximate surface area is 211 Å². The lowest BCUT2D eigenvalue weighted by Crippen LogP contribution is -2.41. The summed E-state index contributed by atoms with van der Waals surface area (Å²) in [6, 6.07) is 23.2. The summed E-state index contributed by atoms with van der Waals surface area (Å²) < 4.78 is 27.9. The van der Waals surface area contributed by atoms with Crippen LogP contribution >= 0.6 is 23.4 Å². The van der Waals surface area contributed by atoms with Crippen LogP contribution in [0.3, 0.4) is 0 Å². The number of halogens is 1. The monoisotopic (exact) mass is 516 g/mol. The number of sulfonamides is 1. The predicted molar refractivity (Wildman–Crippen MR) is 142 cm³/mol. The number of thioether (sulfide) groups is 1. The number of hydrogen-bond acceptors (Lipinski definition) is 4. The van der Waals surface area contributed by atoms with Gasteiger partial charge in [-0.05, 0) is 53.4 Å². The fraction of sp³-hybridized carbons (Fsp3) is 0.269. The van der Waals surface area contributed by atoms with E-state index in [0.717, 1.165) is 16.9 Å². The first kappa shape index (κ1) is 26.1. The number of benzene rings is 3. The Morgan fingerprint density at radius 3 is 2.24 bits per heavy atom. The van der Waals surface area contributed by atoms with Crippen LogP contribution in [0.5, 0.6) is 0 Å². The molecule has 34 heavy (non-hydrogen) atoms. The molecule has 0 saturated heterocycles. The molecule has 1 amide bonds. The van der Waals surface area contributed by atoms with Crippen molar-refractivity contribution in [1.82, 2.24) is 5.32 Å². The Kier molecular flexibility index (Phi) is 9.45. The molecule has 0 atom stereocenters. The van der Waals surface area contributed by atoms with Gasteiger partial charge >= 0.3 is 0 Å². The van der Waals surface area contributed by atoms with Crippen molar-refractivity contribution in [3.63, 3.8) is 0 Å². The average Bonchev–Trinajstić information content (AvgIpc) is 2.84. The topological polar surface area (TPSA) is 66.5 Å². The van der Waals surface area contributed by atoms with Gasteiger partial charge in [-0.2, -0.15) is 11.8 Å². The molecule has 1 N–H and O–H groups in total. The maximum atomic E-state index is 13.4. The summed E-state index contributed by atoms with van der Waals surface area (Å²) in [6.07, 6.45) is 0. The molecule has 0 bridgehead atoms. The number of anilines is 1. The first-order valence-electron chi connectivity index (χ1n) is 11.0. The minimum absolute atomic E-state index is 0.147. The standard InChI is InChI=1S/C26H29ClN2O3S2/c1-20(2)22-10-14-24(15-11-22)29(34(31,32)25-6-4-3-5-7-25)18-26(30)28-16-17-33-19-21-8-12-23(27)13-9-21/h3-15,20H,16-19H2,1-2H3,(H,28,30). The smallest absolute Gasteiger partial charge is 0.264 e. The molecule has 8 heteroatoms. The van der Waals surface area contributed by atoms with Crippen LogP contribution in [0.25, 0.3) is 0 Å². The lowest BCUT2D eigenvalue weighted by Gasteiger charge is -2.24. The van der Waals surface area contributed by atoms with E-state index in [9.17, 15) is 13.2 Å². The van der Waals surface area contributed by atoms with E-state index in [2.05, 4.69) is 19.2 Å². The zero-order valence-electron chi connectivity index (χ0n) is 19.3. The third-order valence-corrected chi connectivity index (χ3v) is 8.29. The maximum Gasteiger partial charge on any atom is 0.264 e. The zero-order valence-corrected chi connectivity index (χ0v) is 21.7. The van der Waals surface area contributed by atoms with Crippen LogP contribution in [0.1, 0.15) is 30.9 Å². The summed E-state index contributed by atoms with van der Waals surface area (Å²) >= 11 is 7.59. The molecule has 0 aliphatic rings. The van der Waals surface area contributed by atoms with Crippen molar-refractivity contribution in [2.45, 2.75) is 30.4 Å². The molecule has 0 spiro atoms. The van der Waals surface area contributed by atoms with Gasteiger partial charge in [0.15, 0.2) is 0 Å². The summed E-state index contributed by atoms with van der Waals surface area (Å²) in [7, 11) is -3.90. The lowest BCUT2D eigenvalue weighted by atomic mass is 10.0. The first-order chi connectivity index (χ1) is 16.3. The van der Waals surface area contributed by atoms with Crippen LogP contribution in [0, 0.1) is 0 Å². The highest BCUT2D eigenvalue weighted by atomic mass is 35.5. The highest BCUT2D eigenvalue weighted by molar-refractivity contribution is 7.98. The van der Waals surface area contributed by atoms with Gasteiger partial charge in [0.25, 0.3) is 10.0 Å². The summed E-state index contributed by atoms with van der Waals surface area (Å²) in [5.74, 6) is 1.49. The number of rotatable bonds is 11. The van der Waals surface area contributed by atoms with Crippen molar-refractivity contribution >= 4 is 45.0 Å². The van der Waals surface area contributed by atoms with E-state index in [1.54, 1.807) is 42.1 Å². The van der Waals surface area contributed by atoms with Crippen molar-refractivity contribution in [2.75, 3.05) is 23.1 Å². The van der Waals surface area contributed by atoms with Gasteiger partial charge in [-0.3, -0.25) is 9.10 Å². The van der Waals surface area contributed by atoms with Crippen LogP contribution < -0.4 is 9.62 Å². The second-order valence-electron chi connectivity index (χ2n) is 8.10. The summed E-state index contributed by atoms with van der Waals surface area (Å²) in [5, 5.41) is 3.55. The summed E-state index contributed by atoms with van der Waals surface area (Å²) in [4.78, 5) is 12.9. The van der Waals surface area contributed by atoms with E-state index in [-0.39, 0.29) is 17.3 Å². The van der Waals surface area contributed by atoms with Crippen LogP contribution in [0.15, 0.2) is 83.8 Å². The largest absolute Gasteiger partial charge is 0.354 e. The predicted octanol–water partition coefficient (Wildman–Crippen LogP) is 5.71. The number of amides is 1. The third kappa shape index (κ3) is 7.26. The molecule has 3 aromatic rings. The normalized spacial score (nSPS) is 11.4. The zero-order chi connectivity index (χ0) is 24.6. The SMILES string of the molecule is CC(C)c1ccc(N(CC(=O)NCCSCc2ccc(Cl)cc2)S(=O)(=O)c2ccccc2)cc1. The molecule has 0 saturated carbocycles. The molecule has 0 aliphatic carbocycles. The molecule has 0 heterocycles. The summed E-state index contributed by atoms with van der Waals surface area (Å²) in [5.41, 5.74) is 2.72. The van der Waals surface area contributed by atoms with Gasteiger partial charge in [-0.25, -0.2) is 8.42 Å². The molecule has 5 nitrogen and oxygen atoms in total. The number of nitrogens with zero attached hydrogens (tertiary/aromatic N) is 1. The van der Waals surface area contributed by atoms with E-state index >= 15 is 0 Å². The van der Waals surface area contributed by atoms with Crippen molar-refractivity contribution in [3.05, 3.63) is 95.0 Å². The lowest BCUT2D eigenvalue weighted by molar-refractivity contribution is -0.119. The van der Waals surface area contributed by atoms with E-state index in [1.807, 2.05) is 36.4 Å². The first-order valence-corrected chi connectivity index (χ1v) is 14.0. The van der Waals surface area contributed by atoms with Crippen molar-refractivity contribution in [3.8, 4) is 0 Å². The average molecular weight is 517 g/mol. The van der Waals surface area contributed by atoms with Gasteiger partial charge in [0.1, 0.15) is 6.54 Å². The molecule has 0 aromatic heterocycles. The minimum Gasteiger partial charge on any atom is -0.354 e. The molecule has 0 radical (unpaired) electrons. The molecule has 0 aliphatic heterocycles. The minimum atomic E-state index is -3.90. The van der Waals surface area contributed by atoms with Crippen molar-refractivity contribution in [1.29, 1.82) is 0 Å². The molecular formula is C26H29ClN2O3S2. The van der Waals surface area contributed by atoms with Gasteiger partial charge in [0, 0.05) is 23.1 Å². The number of carbonyl (C=O) groups excluding carboxylic acids is 1.